The highest BCUT2D eigenvalue weighted by Gasteiger charge is 2.29. The first-order chi connectivity index (χ1) is 16.1. The summed E-state index contributed by atoms with van der Waals surface area (Å²) in [5.74, 6) is 0.596. The van der Waals surface area contributed by atoms with Crippen molar-refractivity contribution >= 4 is 28.7 Å². The Bertz CT molecular complexity index is 981. The molecule has 1 N–H and O–H groups in total. The number of piperidine rings is 1. The molecule has 0 amide bonds. The molecule has 1 heterocycles. The standard InChI is InChI=1S/C30H44ClN3/c1-9-21(3)24-13-11-23(12-14-24)19-22(4)32-26-20-27(33(7)8)29(28(31)25(26)10-2)34-17-15-30(5,6)16-18-34/h11-14,20-21,32H,4,9-10,15-19H2,1-3,5-8H3. The second-order valence-corrected chi connectivity index (χ2v) is 11.3. The van der Waals surface area contributed by atoms with Gasteiger partial charge in [0.15, 0.2) is 0 Å². The van der Waals surface area contributed by atoms with E-state index in [0.29, 0.717) is 11.3 Å². The van der Waals surface area contributed by atoms with Crippen molar-refractivity contribution < 1.29 is 0 Å². The van der Waals surface area contributed by atoms with Crippen molar-refractivity contribution in [3.8, 4) is 0 Å². The molecule has 1 aliphatic heterocycles. The lowest BCUT2D eigenvalue weighted by molar-refractivity contribution is 0.280. The van der Waals surface area contributed by atoms with E-state index < -0.39 is 0 Å². The first-order valence-corrected chi connectivity index (χ1v) is 13.2. The van der Waals surface area contributed by atoms with Crippen molar-refractivity contribution in [1.82, 2.24) is 0 Å². The van der Waals surface area contributed by atoms with Crippen LogP contribution < -0.4 is 15.1 Å². The largest absolute Gasteiger partial charge is 0.376 e. The number of hydrogen-bond acceptors (Lipinski definition) is 3. The van der Waals surface area contributed by atoms with Crippen molar-refractivity contribution in [3.05, 3.63) is 64.3 Å². The van der Waals surface area contributed by atoms with E-state index in [2.05, 4.69) is 101 Å². The zero-order chi connectivity index (χ0) is 25.0. The molecule has 34 heavy (non-hydrogen) atoms. The van der Waals surface area contributed by atoms with Gasteiger partial charge in [-0.2, -0.15) is 0 Å². The minimum Gasteiger partial charge on any atom is -0.376 e. The molecule has 4 heteroatoms. The Hall–Kier alpha value is -2.13. The van der Waals surface area contributed by atoms with E-state index in [4.69, 9.17) is 11.6 Å². The van der Waals surface area contributed by atoms with E-state index in [1.807, 2.05) is 0 Å². The maximum Gasteiger partial charge on any atom is 0.0797 e. The van der Waals surface area contributed by atoms with Gasteiger partial charge in [-0.25, -0.2) is 0 Å². The predicted octanol–water partition coefficient (Wildman–Crippen LogP) is 8.28. The minimum atomic E-state index is 0.404. The molecule has 0 aliphatic carbocycles. The summed E-state index contributed by atoms with van der Waals surface area (Å²) >= 11 is 7.13. The molecule has 3 nitrogen and oxygen atoms in total. The Morgan fingerprint density at radius 2 is 1.76 bits per heavy atom. The molecule has 0 saturated carbocycles. The Labute approximate surface area is 213 Å². The number of allylic oxidation sites excluding steroid dienone is 1. The van der Waals surface area contributed by atoms with Crippen molar-refractivity contribution in [2.24, 2.45) is 5.41 Å². The summed E-state index contributed by atoms with van der Waals surface area (Å²) < 4.78 is 0. The lowest BCUT2D eigenvalue weighted by Gasteiger charge is -2.40. The van der Waals surface area contributed by atoms with Gasteiger partial charge in [-0.1, -0.05) is 77.1 Å². The summed E-state index contributed by atoms with van der Waals surface area (Å²) in [7, 11) is 4.21. The fraction of sp³-hybridized carbons (Fsp3) is 0.533. The molecule has 1 fully saturated rings. The van der Waals surface area contributed by atoms with Gasteiger partial charge in [0.2, 0.25) is 0 Å². The molecule has 2 aromatic rings. The second kappa shape index (κ2) is 11.1. The quantitative estimate of drug-likeness (QED) is 0.388. The minimum absolute atomic E-state index is 0.404. The molecule has 0 radical (unpaired) electrons. The van der Waals surface area contributed by atoms with Crippen LogP contribution in [0, 0.1) is 5.41 Å². The molecule has 3 rings (SSSR count). The molecule has 2 aromatic carbocycles. The van der Waals surface area contributed by atoms with E-state index >= 15 is 0 Å². The van der Waals surface area contributed by atoms with Gasteiger partial charge < -0.3 is 15.1 Å². The third-order valence-electron chi connectivity index (χ3n) is 7.48. The SMILES string of the molecule is C=C(Cc1ccc(C(C)CC)cc1)Nc1cc(N(C)C)c(N2CCC(C)(C)CC2)c(Cl)c1CC. The number of anilines is 3. The molecular formula is C30H44ClN3. The summed E-state index contributed by atoms with van der Waals surface area (Å²) in [6, 6.07) is 11.2. The predicted molar refractivity (Wildman–Crippen MR) is 152 cm³/mol. The van der Waals surface area contributed by atoms with Crippen LogP contribution in [-0.4, -0.2) is 27.2 Å². The molecule has 186 valence electrons. The van der Waals surface area contributed by atoms with E-state index in [1.54, 1.807) is 0 Å². The highest BCUT2D eigenvalue weighted by atomic mass is 35.5. The van der Waals surface area contributed by atoms with Gasteiger partial charge in [0.1, 0.15) is 0 Å². The summed E-state index contributed by atoms with van der Waals surface area (Å²) in [5, 5.41) is 4.49. The third-order valence-corrected chi connectivity index (χ3v) is 7.89. The maximum absolute atomic E-state index is 7.13. The molecule has 0 bridgehead atoms. The average molecular weight is 482 g/mol. The lowest BCUT2D eigenvalue weighted by Crippen LogP contribution is -2.38. The Balaban J connectivity index is 1.84. The van der Waals surface area contributed by atoms with Crippen molar-refractivity contribution in [2.75, 3.05) is 42.3 Å². The topological polar surface area (TPSA) is 18.5 Å². The van der Waals surface area contributed by atoms with Gasteiger partial charge in [0.25, 0.3) is 0 Å². The van der Waals surface area contributed by atoms with Crippen LogP contribution in [0.25, 0.3) is 0 Å². The average Bonchev–Trinajstić information content (AvgIpc) is 2.79. The zero-order valence-electron chi connectivity index (χ0n) is 22.4. The smallest absolute Gasteiger partial charge is 0.0797 e. The molecule has 1 atom stereocenters. The summed E-state index contributed by atoms with van der Waals surface area (Å²) in [6.45, 7) is 17.9. The molecule has 0 spiro atoms. The van der Waals surface area contributed by atoms with Gasteiger partial charge in [-0.3, -0.25) is 0 Å². The van der Waals surface area contributed by atoms with Crippen molar-refractivity contribution in [3.63, 3.8) is 0 Å². The first-order valence-electron chi connectivity index (χ1n) is 12.9. The monoisotopic (exact) mass is 481 g/mol. The van der Waals surface area contributed by atoms with Gasteiger partial charge in [0, 0.05) is 45.0 Å². The van der Waals surface area contributed by atoms with Gasteiger partial charge >= 0.3 is 0 Å². The lowest BCUT2D eigenvalue weighted by atomic mass is 9.82. The van der Waals surface area contributed by atoms with Crippen LogP contribution >= 0.6 is 11.6 Å². The van der Waals surface area contributed by atoms with Crippen molar-refractivity contribution in [2.45, 2.75) is 72.6 Å². The Morgan fingerprint density at radius 3 is 2.29 bits per heavy atom. The Kier molecular flexibility index (Phi) is 8.62. The van der Waals surface area contributed by atoms with Crippen molar-refractivity contribution in [1.29, 1.82) is 0 Å². The fourth-order valence-corrected chi connectivity index (χ4v) is 5.23. The molecule has 1 saturated heterocycles. The Morgan fingerprint density at radius 1 is 1.15 bits per heavy atom. The van der Waals surface area contributed by atoms with Crippen LogP contribution in [0.3, 0.4) is 0 Å². The number of nitrogens with one attached hydrogen (secondary N) is 1. The number of benzene rings is 2. The van der Waals surface area contributed by atoms with Crippen LogP contribution in [0.2, 0.25) is 5.02 Å². The summed E-state index contributed by atoms with van der Waals surface area (Å²) in [5.41, 5.74) is 8.64. The van der Waals surface area contributed by atoms with E-state index in [0.717, 1.165) is 54.4 Å². The highest BCUT2D eigenvalue weighted by molar-refractivity contribution is 6.35. The number of nitrogens with zero attached hydrogens (tertiary/aromatic N) is 2. The van der Waals surface area contributed by atoms with Gasteiger partial charge in [-0.05, 0) is 59.8 Å². The van der Waals surface area contributed by atoms with E-state index in [-0.39, 0.29) is 0 Å². The summed E-state index contributed by atoms with van der Waals surface area (Å²) in [6.07, 6.45) is 5.20. The fourth-order valence-electron chi connectivity index (χ4n) is 4.78. The van der Waals surface area contributed by atoms with Gasteiger partial charge in [0.05, 0.1) is 16.4 Å². The number of halogens is 1. The molecule has 1 aliphatic rings. The molecular weight excluding hydrogens is 438 g/mol. The van der Waals surface area contributed by atoms with E-state index in [9.17, 15) is 0 Å². The van der Waals surface area contributed by atoms with Crippen LogP contribution in [0.15, 0.2) is 42.6 Å². The van der Waals surface area contributed by atoms with Crippen LogP contribution in [0.4, 0.5) is 17.1 Å². The number of rotatable bonds is 9. The third kappa shape index (κ3) is 6.10. The molecule has 0 aromatic heterocycles. The summed E-state index contributed by atoms with van der Waals surface area (Å²) in [4.78, 5) is 4.67. The van der Waals surface area contributed by atoms with Crippen LogP contribution in [-0.2, 0) is 12.8 Å². The highest BCUT2D eigenvalue weighted by Crippen LogP contribution is 2.45. The second-order valence-electron chi connectivity index (χ2n) is 10.9. The maximum atomic E-state index is 7.13. The van der Waals surface area contributed by atoms with Crippen LogP contribution in [0.1, 0.15) is 76.5 Å². The molecule has 1 unspecified atom stereocenters. The number of hydrogen-bond donors (Lipinski definition) is 1. The normalized spacial score (nSPS) is 16.3. The van der Waals surface area contributed by atoms with Crippen LogP contribution in [0.5, 0.6) is 0 Å². The van der Waals surface area contributed by atoms with Gasteiger partial charge in [-0.15, -0.1) is 0 Å². The van der Waals surface area contributed by atoms with E-state index in [1.165, 1.54) is 35.2 Å². The zero-order valence-corrected chi connectivity index (χ0v) is 23.1. The first kappa shape index (κ1) is 26.5.